The SMILES string of the molecule is CCCCCC(C)NC(=NC)NCCc1c(C)nn(C)c1C. The summed E-state index contributed by atoms with van der Waals surface area (Å²) >= 11 is 0. The van der Waals surface area contributed by atoms with E-state index < -0.39 is 0 Å². The molecule has 1 aromatic rings. The first kappa shape index (κ1) is 18.5. The van der Waals surface area contributed by atoms with Crippen LogP contribution >= 0.6 is 0 Å². The van der Waals surface area contributed by atoms with Crippen LogP contribution in [0.15, 0.2) is 4.99 Å². The Kier molecular flexibility index (Phi) is 7.99. The highest BCUT2D eigenvalue weighted by atomic mass is 15.3. The quantitative estimate of drug-likeness (QED) is 0.441. The number of hydrogen-bond donors (Lipinski definition) is 2. The molecule has 22 heavy (non-hydrogen) atoms. The third-order valence-electron chi connectivity index (χ3n) is 4.17. The molecule has 0 saturated carbocycles. The molecule has 0 aromatic carbocycles. The summed E-state index contributed by atoms with van der Waals surface area (Å²) in [5.41, 5.74) is 3.70. The number of rotatable bonds is 8. The summed E-state index contributed by atoms with van der Waals surface area (Å²) in [6, 6.07) is 0.458. The smallest absolute Gasteiger partial charge is 0.191 e. The summed E-state index contributed by atoms with van der Waals surface area (Å²) in [7, 11) is 3.83. The number of nitrogens with zero attached hydrogens (tertiary/aromatic N) is 3. The molecule has 1 heterocycles. The largest absolute Gasteiger partial charge is 0.356 e. The first-order valence-corrected chi connectivity index (χ1v) is 8.45. The number of guanidine groups is 1. The molecule has 0 aliphatic carbocycles. The normalized spacial score (nSPS) is 13.3. The molecule has 0 bridgehead atoms. The molecule has 126 valence electrons. The second-order valence-electron chi connectivity index (χ2n) is 6.06. The first-order chi connectivity index (χ1) is 10.5. The van der Waals surface area contributed by atoms with Crippen LogP contribution < -0.4 is 10.6 Å². The number of hydrogen-bond acceptors (Lipinski definition) is 2. The highest BCUT2D eigenvalue weighted by Crippen LogP contribution is 2.11. The zero-order valence-electron chi connectivity index (χ0n) is 15.2. The van der Waals surface area contributed by atoms with Crippen LogP contribution in [0, 0.1) is 13.8 Å². The number of nitrogens with one attached hydrogen (secondary N) is 2. The number of unbranched alkanes of at least 4 members (excludes halogenated alkanes) is 2. The maximum atomic E-state index is 4.46. The zero-order chi connectivity index (χ0) is 16.5. The second kappa shape index (κ2) is 9.49. The van der Waals surface area contributed by atoms with Gasteiger partial charge in [0.25, 0.3) is 0 Å². The van der Waals surface area contributed by atoms with Gasteiger partial charge in [-0.15, -0.1) is 0 Å². The van der Waals surface area contributed by atoms with Crippen LogP contribution in [0.2, 0.25) is 0 Å². The monoisotopic (exact) mass is 307 g/mol. The third kappa shape index (κ3) is 5.70. The lowest BCUT2D eigenvalue weighted by Crippen LogP contribution is -2.42. The topological polar surface area (TPSA) is 54.2 Å². The Morgan fingerprint density at radius 1 is 1.32 bits per heavy atom. The second-order valence-corrected chi connectivity index (χ2v) is 6.06. The van der Waals surface area contributed by atoms with Gasteiger partial charge in [-0.1, -0.05) is 26.2 Å². The first-order valence-electron chi connectivity index (χ1n) is 8.45. The number of aryl methyl sites for hydroxylation is 2. The van der Waals surface area contributed by atoms with Gasteiger partial charge in [0.15, 0.2) is 5.96 Å². The molecular weight excluding hydrogens is 274 g/mol. The minimum atomic E-state index is 0.458. The van der Waals surface area contributed by atoms with Crippen molar-refractivity contribution in [3.8, 4) is 0 Å². The van der Waals surface area contributed by atoms with Gasteiger partial charge in [0.2, 0.25) is 0 Å². The van der Waals surface area contributed by atoms with Crippen LogP contribution in [0.3, 0.4) is 0 Å². The third-order valence-corrected chi connectivity index (χ3v) is 4.17. The lowest BCUT2D eigenvalue weighted by Gasteiger charge is -2.18. The average Bonchev–Trinajstić information content (AvgIpc) is 2.72. The minimum absolute atomic E-state index is 0.458. The summed E-state index contributed by atoms with van der Waals surface area (Å²) in [6.45, 7) is 9.52. The average molecular weight is 307 g/mol. The van der Waals surface area contributed by atoms with Crippen molar-refractivity contribution in [2.75, 3.05) is 13.6 Å². The molecule has 0 saturated heterocycles. The van der Waals surface area contributed by atoms with Gasteiger partial charge in [0.1, 0.15) is 0 Å². The van der Waals surface area contributed by atoms with Crippen molar-refractivity contribution in [3.05, 3.63) is 17.0 Å². The van der Waals surface area contributed by atoms with Gasteiger partial charge in [-0.2, -0.15) is 5.10 Å². The summed E-state index contributed by atoms with van der Waals surface area (Å²) in [6.07, 6.45) is 6.00. The van der Waals surface area contributed by atoms with Crippen LogP contribution in [0.25, 0.3) is 0 Å². The summed E-state index contributed by atoms with van der Waals surface area (Å²) in [5.74, 6) is 0.892. The molecule has 1 rings (SSSR count). The van der Waals surface area contributed by atoms with Crippen molar-refractivity contribution in [1.82, 2.24) is 20.4 Å². The highest BCUT2D eigenvalue weighted by Gasteiger charge is 2.09. The minimum Gasteiger partial charge on any atom is -0.356 e. The van der Waals surface area contributed by atoms with Crippen molar-refractivity contribution in [1.29, 1.82) is 0 Å². The fourth-order valence-electron chi connectivity index (χ4n) is 2.69. The van der Waals surface area contributed by atoms with Crippen LogP contribution in [0.4, 0.5) is 0 Å². The van der Waals surface area contributed by atoms with E-state index in [4.69, 9.17) is 0 Å². The summed E-state index contributed by atoms with van der Waals surface area (Å²) in [5, 5.41) is 11.3. The van der Waals surface area contributed by atoms with Gasteiger partial charge in [-0.05, 0) is 39.2 Å². The Balaban J connectivity index is 2.38. The van der Waals surface area contributed by atoms with Crippen molar-refractivity contribution in [2.45, 2.75) is 65.8 Å². The number of aliphatic imine (C=N–C) groups is 1. The van der Waals surface area contributed by atoms with Crippen LogP contribution in [-0.4, -0.2) is 35.4 Å². The van der Waals surface area contributed by atoms with Crippen molar-refractivity contribution >= 4 is 5.96 Å². The van der Waals surface area contributed by atoms with Gasteiger partial charge >= 0.3 is 0 Å². The molecule has 1 unspecified atom stereocenters. The van der Waals surface area contributed by atoms with E-state index in [0.29, 0.717) is 6.04 Å². The molecule has 2 N–H and O–H groups in total. The number of aromatic nitrogens is 2. The lowest BCUT2D eigenvalue weighted by molar-refractivity contribution is 0.547. The van der Waals surface area contributed by atoms with E-state index in [-0.39, 0.29) is 0 Å². The predicted octanol–water partition coefficient (Wildman–Crippen LogP) is 2.71. The molecule has 0 aliphatic heterocycles. The highest BCUT2D eigenvalue weighted by molar-refractivity contribution is 5.79. The molecule has 5 heteroatoms. The predicted molar refractivity (Wildman–Crippen MR) is 94.5 cm³/mol. The van der Waals surface area contributed by atoms with Gasteiger partial charge in [0, 0.05) is 32.4 Å². The van der Waals surface area contributed by atoms with E-state index in [1.807, 2.05) is 18.8 Å². The Labute approximate surface area is 135 Å². The van der Waals surface area contributed by atoms with E-state index in [0.717, 1.165) is 24.6 Å². The molecule has 5 nitrogen and oxygen atoms in total. The van der Waals surface area contributed by atoms with Gasteiger partial charge in [-0.3, -0.25) is 9.67 Å². The van der Waals surface area contributed by atoms with E-state index in [1.165, 1.54) is 36.9 Å². The standard InChI is InChI=1S/C17H33N5/c1-7-8-9-10-13(2)20-17(18-5)19-12-11-16-14(3)21-22(6)15(16)4/h13H,7-12H2,1-6H3,(H2,18,19,20). The Hall–Kier alpha value is -1.52. The van der Waals surface area contributed by atoms with Crippen molar-refractivity contribution in [2.24, 2.45) is 12.0 Å². The lowest BCUT2D eigenvalue weighted by atomic mass is 10.1. The fraction of sp³-hybridized carbons (Fsp3) is 0.765. The van der Waals surface area contributed by atoms with Crippen LogP contribution in [0.1, 0.15) is 56.5 Å². The van der Waals surface area contributed by atoms with E-state index in [2.05, 4.69) is 48.4 Å². The Bertz CT molecular complexity index is 476. The molecule has 1 aromatic heterocycles. The summed E-state index contributed by atoms with van der Waals surface area (Å²) in [4.78, 5) is 4.31. The molecule has 1 atom stereocenters. The Morgan fingerprint density at radius 3 is 2.59 bits per heavy atom. The van der Waals surface area contributed by atoms with E-state index >= 15 is 0 Å². The fourth-order valence-corrected chi connectivity index (χ4v) is 2.69. The van der Waals surface area contributed by atoms with Crippen LogP contribution in [0.5, 0.6) is 0 Å². The van der Waals surface area contributed by atoms with Crippen LogP contribution in [-0.2, 0) is 13.5 Å². The van der Waals surface area contributed by atoms with E-state index in [1.54, 1.807) is 0 Å². The summed E-state index contributed by atoms with van der Waals surface area (Å²) < 4.78 is 1.95. The van der Waals surface area contributed by atoms with Gasteiger partial charge in [-0.25, -0.2) is 0 Å². The molecular formula is C17H33N5. The molecule has 0 radical (unpaired) electrons. The molecule has 0 spiro atoms. The molecule has 0 amide bonds. The van der Waals surface area contributed by atoms with Gasteiger partial charge in [0.05, 0.1) is 5.69 Å². The van der Waals surface area contributed by atoms with E-state index in [9.17, 15) is 0 Å². The maximum absolute atomic E-state index is 4.46. The molecule has 0 fully saturated rings. The molecule has 0 aliphatic rings. The van der Waals surface area contributed by atoms with Crippen molar-refractivity contribution in [3.63, 3.8) is 0 Å². The Morgan fingerprint density at radius 2 is 2.05 bits per heavy atom. The van der Waals surface area contributed by atoms with Crippen molar-refractivity contribution < 1.29 is 0 Å². The zero-order valence-corrected chi connectivity index (χ0v) is 15.2. The maximum Gasteiger partial charge on any atom is 0.191 e. The van der Waals surface area contributed by atoms with Gasteiger partial charge < -0.3 is 10.6 Å².